The quantitative estimate of drug-likeness (QED) is 0.668. The Balaban J connectivity index is 1.70. The van der Waals surface area contributed by atoms with Gasteiger partial charge < -0.3 is 9.26 Å². The van der Waals surface area contributed by atoms with Gasteiger partial charge in [0.2, 0.25) is 0 Å². The molecule has 0 amide bonds. The molecule has 0 saturated heterocycles. The van der Waals surface area contributed by atoms with Crippen molar-refractivity contribution in [1.29, 1.82) is 0 Å². The zero-order valence-corrected chi connectivity index (χ0v) is 14.7. The number of ether oxygens (including phenoxy) is 1. The molecule has 7 nitrogen and oxygen atoms in total. The zero-order chi connectivity index (χ0) is 18.6. The van der Waals surface area contributed by atoms with Gasteiger partial charge in [0.25, 0.3) is 10.0 Å². The lowest BCUT2D eigenvalue weighted by Gasteiger charge is -2.09. The smallest absolute Gasteiger partial charge is 0.338 e. The largest absolute Gasteiger partial charge is 0.455 e. The molecule has 2 aromatic carbocycles. The van der Waals surface area contributed by atoms with Crippen LogP contribution in [-0.4, -0.2) is 19.5 Å². The zero-order valence-electron chi connectivity index (χ0n) is 13.9. The van der Waals surface area contributed by atoms with Crippen LogP contribution in [0.2, 0.25) is 0 Å². The Morgan fingerprint density at radius 2 is 1.88 bits per heavy atom. The third-order valence-corrected chi connectivity index (χ3v) is 4.83. The average molecular weight is 372 g/mol. The molecule has 0 unspecified atom stereocenters. The highest BCUT2D eigenvalue weighted by Crippen LogP contribution is 2.18. The first kappa shape index (κ1) is 17.7. The third kappa shape index (κ3) is 4.28. The molecular formula is C18H16N2O5S. The van der Waals surface area contributed by atoms with Crippen molar-refractivity contribution >= 4 is 21.7 Å². The Hall–Kier alpha value is -3.13. The van der Waals surface area contributed by atoms with Crippen LogP contribution in [0.15, 0.2) is 70.1 Å². The summed E-state index contributed by atoms with van der Waals surface area (Å²) in [5.74, 6) is 0.0276. The highest BCUT2D eigenvalue weighted by atomic mass is 32.2. The summed E-state index contributed by atoms with van der Waals surface area (Å²) in [6.45, 7) is 1.71. The third-order valence-electron chi connectivity index (χ3n) is 3.43. The number of aryl methyl sites for hydroxylation is 1. The number of rotatable bonds is 6. The van der Waals surface area contributed by atoms with Gasteiger partial charge in [0.1, 0.15) is 18.1 Å². The summed E-state index contributed by atoms with van der Waals surface area (Å²) < 4.78 is 37.2. The number of anilines is 1. The Bertz CT molecular complexity index is 1010. The first-order chi connectivity index (χ1) is 12.4. The topological polar surface area (TPSA) is 98.5 Å². The highest BCUT2D eigenvalue weighted by molar-refractivity contribution is 7.92. The molecule has 3 rings (SSSR count). The van der Waals surface area contributed by atoms with Crippen LogP contribution in [0, 0.1) is 6.92 Å². The second-order valence-corrected chi connectivity index (χ2v) is 7.19. The molecule has 0 spiro atoms. The van der Waals surface area contributed by atoms with Crippen molar-refractivity contribution in [2.75, 3.05) is 4.72 Å². The van der Waals surface area contributed by atoms with Crippen molar-refractivity contribution in [1.82, 2.24) is 5.16 Å². The Kier molecular flexibility index (Phi) is 5.04. The van der Waals surface area contributed by atoms with Crippen molar-refractivity contribution in [3.05, 3.63) is 77.7 Å². The van der Waals surface area contributed by atoms with Gasteiger partial charge in [-0.1, -0.05) is 29.4 Å². The van der Waals surface area contributed by atoms with E-state index in [0.717, 1.165) is 0 Å². The number of aromatic nitrogens is 1. The van der Waals surface area contributed by atoms with Crippen molar-refractivity contribution in [2.24, 2.45) is 0 Å². The fourth-order valence-corrected chi connectivity index (χ4v) is 3.30. The van der Waals surface area contributed by atoms with Crippen LogP contribution < -0.4 is 4.72 Å². The molecule has 0 aliphatic carbocycles. The number of carbonyl (C=O) groups is 1. The fourth-order valence-electron chi connectivity index (χ4n) is 2.23. The molecule has 0 radical (unpaired) electrons. The molecule has 1 aromatic heterocycles. The van der Waals surface area contributed by atoms with E-state index in [2.05, 4.69) is 9.88 Å². The van der Waals surface area contributed by atoms with Crippen LogP contribution in [0.1, 0.15) is 21.8 Å². The Labute approximate surface area is 150 Å². The number of benzene rings is 2. The second-order valence-electron chi connectivity index (χ2n) is 5.50. The number of hydrogen-bond donors (Lipinski definition) is 1. The van der Waals surface area contributed by atoms with Crippen molar-refractivity contribution in [3.8, 4) is 0 Å². The average Bonchev–Trinajstić information content (AvgIpc) is 3.05. The summed E-state index contributed by atoms with van der Waals surface area (Å²) in [6.07, 6.45) is 0. The molecule has 1 heterocycles. The Morgan fingerprint density at radius 3 is 2.58 bits per heavy atom. The molecular weight excluding hydrogens is 356 g/mol. The second kappa shape index (κ2) is 7.40. The normalized spacial score (nSPS) is 11.1. The lowest BCUT2D eigenvalue weighted by Crippen LogP contribution is -2.13. The van der Waals surface area contributed by atoms with Crippen LogP contribution in [0.3, 0.4) is 0 Å². The number of nitrogens with one attached hydrogen (secondary N) is 1. The predicted molar refractivity (Wildman–Crippen MR) is 94.1 cm³/mol. The predicted octanol–water partition coefficient (Wildman–Crippen LogP) is 3.14. The first-order valence-corrected chi connectivity index (χ1v) is 9.19. The monoisotopic (exact) mass is 372 g/mol. The molecule has 1 N–H and O–H groups in total. The van der Waals surface area contributed by atoms with Gasteiger partial charge >= 0.3 is 5.97 Å². The van der Waals surface area contributed by atoms with E-state index in [0.29, 0.717) is 11.5 Å². The van der Waals surface area contributed by atoms with E-state index < -0.39 is 16.0 Å². The minimum atomic E-state index is -3.73. The van der Waals surface area contributed by atoms with Gasteiger partial charge in [-0.3, -0.25) is 4.72 Å². The molecule has 0 bridgehead atoms. The molecule has 0 atom stereocenters. The van der Waals surface area contributed by atoms with Gasteiger partial charge in [0.05, 0.1) is 10.5 Å². The van der Waals surface area contributed by atoms with Crippen molar-refractivity contribution < 1.29 is 22.5 Å². The number of carbonyl (C=O) groups excluding carboxylic acids is 1. The fraction of sp³-hybridized carbons (Fsp3) is 0.111. The minimum Gasteiger partial charge on any atom is -0.455 e. The van der Waals surface area contributed by atoms with E-state index in [-0.39, 0.29) is 22.8 Å². The molecule has 0 aliphatic rings. The summed E-state index contributed by atoms with van der Waals surface area (Å²) in [4.78, 5) is 12.3. The van der Waals surface area contributed by atoms with E-state index in [9.17, 15) is 13.2 Å². The SMILES string of the molecule is Cc1cc(COC(=O)c2cccc(NS(=O)(=O)c3ccccc3)c2)no1. The minimum absolute atomic E-state index is 0.0316. The molecule has 3 aromatic rings. The standard InChI is InChI=1S/C18H16N2O5S/c1-13-10-16(19-25-13)12-24-18(21)14-6-5-7-15(11-14)20-26(22,23)17-8-3-2-4-9-17/h2-11,20H,12H2,1H3. The van der Waals surface area contributed by atoms with Crippen LogP contribution in [0.4, 0.5) is 5.69 Å². The summed E-state index contributed by atoms with van der Waals surface area (Å²) in [5, 5.41) is 3.74. The lowest BCUT2D eigenvalue weighted by atomic mass is 10.2. The van der Waals surface area contributed by atoms with Gasteiger partial charge in [-0.15, -0.1) is 0 Å². The van der Waals surface area contributed by atoms with Gasteiger partial charge in [-0.05, 0) is 37.3 Å². The van der Waals surface area contributed by atoms with Gasteiger partial charge in [0, 0.05) is 11.8 Å². The van der Waals surface area contributed by atoms with Gasteiger partial charge in [-0.25, -0.2) is 13.2 Å². The molecule has 0 aliphatic heterocycles. The summed E-state index contributed by atoms with van der Waals surface area (Å²) in [6, 6.07) is 15.7. The summed E-state index contributed by atoms with van der Waals surface area (Å²) >= 11 is 0. The number of sulfonamides is 1. The van der Waals surface area contributed by atoms with E-state index >= 15 is 0 Å². The molecule has 0 saturated carbocycles. The van der Waals surface area contributed by atoms with Gasteiger partial charge in [-0.2, -0.15) is 0 Å². The highest BCUT2D eigenvalue weighted by Gasteiger charge is 2.15. The van der Waals surface area contributed by atoms with E-state index in [1.807, 2.05) is 0 Å². The molecule has 134 valence electrons. The Morgan fingerprint density at radius 1 is 1.12 bits per heavy atom. The van der Waals surface area contributed by atoms with Crippen LogP contribution in [0.5, 0.6) is 0 Å². The maximum Gasteiger partial charge on any atom is 0.338 e. The summed E-state index contributed by atoms with van der Waals surface area (Å²) in [7, 11) is -3.73. The van der Waals surface area contributed by atoms with E-state index in [1.165, 1.54) is 24.3 Å². The molecule has 0 fully saturated rings. The maximum absolute atomic E-state index is 12.3. The summed E-state index contributed by atoms with van der Waals surface area (Å²) in [5.41, 5.74) is 0.982. The van der Waals surface area contributed by atoms with Crippen LogP contribution in [-0.2, 0) is 21.4 Å². The van der Waals surface area contributed by atoms with Gasteiger partial charge in [0.15, 0.2) is 0 Å². The van der Waals surface area contributed by atoms with Crippen molar-refractivity contribution in [3.63, 3.8) is 0 Å². The first-order valence-electron chi connectivity index (χ1n) is 7.71. The maximum atomic E-state index is 12.3. The van der Waals surface area contributed by atoms with Crippen LogP contribution >= 0.6 is 0 Å². The number of esters is 1. The van der Waals surface area contributed by atoms with Crippen molar-refractivity contribution in [2.45, 2.75) is 18.4 Å². The molecule has 8 heteroatoms. The molecule has 26 heavy (non-hydrogen) atoms. The number of hydrogen-bond acceptors (Lipinski definition) is 6. The van der Waals surface area contributed by atoms with E-state index in [1.54, 1.807) is 43.3 Å². The van der Waals surface area contributed by atoms with E-state index in [4.69, 9.17) is 9.26 Å². The van der Waals surface area contributed by atoms with Crippen LogP contribution in [0.25, 0.3) is 0 Å². The number of nitrogens with zero attached hydrogens (tertiary/aromatic N) is 1. The lowest BCUT2D eigenvalue weighted by molar-refractivity contribution is 0.0464.